The Balaban J connectivity index is 1.74. The van der Waals surface area contributed by atoms with Gasteiger partial charge in [0, 0.05) is 24.9 Å². The fourth-order valence-electron chi connectivity index (χ4n) is 3.36. The van der Waals surface area contributed by atoms with Crippen LogP contribution in [0.4, 0.5) is 24.5 Å². The third-order valence-corrected chi connectivity index (χ3v) is 5.02. The van der Waals surface area contributed by atoms with Gasteiger partial charge < -0.3 is 24.4 Å². The topological polar surface area (TPSA) is 60.0 Å². The first kappa shape index (κ1) is 24.4. The molecule has 0 bridgehead atoms. The number of alkyl halides is 3. The second kappa shape index (κ2) is 11.1. The van der Waals surface area contributed by atoms with Crippen molar-refractivity contribution < 1.29 is 32.2 Å². The number of rotatable bonds is 8. The molecule has 1 saturated heterocycles. The molecule has 2 aromatic carbocycles. The lowest BCUT2D eigenvalue weighted by atomic mass is 10.1. The van der Waals surface area contributed by atoms with E-state index in [0.29, 0.717) is 55.7 Å². The summed E-state index contributed by atoms with van der Waals surface area (Å²) >= 11 is 0. The Hall–Kier alpha value is -3.20. The number of nitrogens with zero attached hydrogens (tertiary/aromatic N) is 1. The fraction of sp³-hybridized carbons (Fsp3) is 0.375. The molecule has 2 aromatic rings. The molecule has 1 fully saturated rings. The van der Waals surface area contributed by atoms with Gasteiger partial charge in [0.05, 0.1) is 38.2 Å². The van der Waals surface area contributed by atoms with Gasteiger partial charge in [-0.15, -0.1) is 0 Å². The molecule has 1 aliphatic heterocycles. The summed E-state index contributed by atoms with van der Waals surface area (Å²) in [5.41, 5.74) is -0.108. The molecule has 0 atom stereocenters. The van der Waals surface area contributed by atoms with Crippen molar-refractivity contribution in [3.63, 3.8) is 0 Å². The van der Waals surface area contributed by atoms with E-state index in [1.807, 2.05) is 11.8 Å². The minimum atomic E-state index is -4.61. The van der Waals surface area contributed by atoms with E-state index in [1.54, 1.807) is 24.3 Å². The normalized spacial score (nSPS) is 14.4. The zero-order chi connectivity index (χ0) is 23.8. The van der Waals surface area contributed by atoms with Gasteiger partial charge in [0.15, 0.2) is 11.5 Å². The predicted octanol–water partition coefficient (Wildman–Crippen LogP) is 4.99. The van der Waals surface area contributed by atoms with Gasteiger partial charge in [0.1, 0.15) is 0 Å². The molecule has 6 nitrogen and oxygen atoms in total. The number of methoxy groups -OCH3 is 1. The van der Waals surface area contributed by atoms with Gasteiger partial charge in [-0.05, 0) is 48.4 Å². The van der Waals surface area contributed by atoms with Gasteiger partial charge in [0.2, 0.25) is 5.91 Å². The number of nitrogens with one attached hydrogen (secondary N) is 1. The van der Waals surface area contributed by atoms with Crippen molar-refractivity contribution in [3.8, 4) is 11.5 Å². The van der Waals surface area contributed by atoms with E-state index in [2.05, 4.69) is 5.32 Å². The molecule has 0 aromatic heterocycles. The molecule has 0 saturated carbocycles. The zero-order valence-electron chi connectivity index (χ0n) is 18.6. The first-order chi connectivity index (χ1) is 15.8. The Kier molecular flexibility index (Phi) is 8.21. The average molecular weight is 464 g/mol. The monoisotopic (exact) mass is 464 g/mol. The van der Waals surface area contributed by atoms with E-state index in [4.69, 9.17) is 14.2 Å². The van der Waals surface area contributed by atoms with Gasteiger partial charge in [-0.25, -0.2) is 0 Å². The van der Waals surface area contributed by atoms with Crippen LogP contribution >= 0.6 is 0 Å². The van der Waals surface area contributed by atoms with Crippen molar-refractivity contribution in [2.45, 2.75) is 19.5 Å². The molecular weight excluding hydrogens is 437 g/mol. The number of anilines is 2. The van der Waals surface area contributed by atoms with Crippen molar-refractivity contribution in [2.24, 2.45) is 0 Å². The molecule has 1 amide bonds. The van der Waals surface area contributed by atoms with Crippen molar-refractivity contribution >= 4 is 23.4 Å². The van der Waals surface area contributed by atoms with Gasteiger partial charge in [-0.1, -0.05) is 13.0 Å². The molecule has 9 heteroatoms. The lowest BCUT2D eigenvalue weighted by Crippen LogP contribution is -2.36. The van der Waals surface area contributed by atoms with E-state index in [1.165, 1.54) is 25.3 Å². The summed E-state index contributed by atoms with van der Waals surface area (Å²) < 4.78 is 57.2. The molecule has 3 rings (SSSR count). The van der Waals surface area contributed by atoms with Gasteiger partial charge in [-0.2, -0.15) is 13.2 Å². The van der Waals surface area contributed by atoms with Gasteiger partial charge in [0.25, 0.3) is 0 Å². The minimum Gasteiger partial charge on any atom is -0.493 e. The number of hydrogen-bond donors (Lipinski definition) is 1. The smallest absolute Gasteiger partial charge is 0.418 e. The average Bonchev–Trinajstić information content (AvgIpc) is 2.81. The van der Waals surface area contributed by atoms with E-state index in [9.17, 15) is 18.0 Å². The molecule has 178 valence electrons. The maximum atomic E-state index is 13.7. The zero-order valence-corrected chi connectivity index (χ0v) is 18.6. The second-order valence-electron chi connectivity index (χ2n) is 7.41. The summed E-state index contributed by atoms with van der Waals surface area (Å²) in [6.07, 6.45) is -1.09. The Labute approximate surface area is 190 Å². The summed E-state index contributed by atoms with van der Waals surface area (Å²) in [7, 11) is 1.51. The van der Waals surface area contributed by atoms with E-state index >= 15 is 0 Å². The number of carbonyl (C=O) groups is 1. The van der Waals surface area contributed by atoms with Crippen molar-refractivity contribution in [2.75, 3.05) is 50.2 Å². The third kappa shape index (κ3) is 6.64. The van der Waals surface area contributed by atoms with Crippen LogP contribution in [0.1, 0.15) is 24.5 Å². The molecule has 0 unspecified atom stereocenters. The first-order valence-corrected chi connectivity index (χ1v) is 10.7. The Morgan fingerprint density at radius 1 is 1.15 bits per heavy atom. The highest BCUT2D eigenvalue weighted by molar-refractivity contribution is 6.02. The van der Waals surface area contributed by atoms with Gasteiger partial charge >= 0.3 is 6.18 Å². The largest absolute Gasteiger partial charge is 0.493 e. The van der Waals surface area contributed by atoms with E-state index in [-0.39, 0.29) is 5.69 Å². The van der Waals surface area contributed by atoms with Crippen LogP contribution in [0.2, 0.25) is 0 Å². The molecule has 1 N–H and O–H groups in total. The molecule has 0 spiro atoms. The summed E-state index contributed by atoms with van der Waals surface area (Å²) in [5.74, 6) is 0.407. The molecule has 0 radical (unpaired) electrons. The predicted molar refractivity (Wildman–Crippen MR) is 121 cm³/mol. The molecule has 1 heterocycles. The number of benzene rings is 2. The van der Waals surface area contributed by atoms with Crippen LogP contribution in [0.5, 0.6) is 11.5 Å². The maximum Gasteiger partial charge on any atom is 0.418 e. The lowest BCUT2D eigenvalue weighted by molar-refractivity contribution is -0.136. The number of amides is 1. The highest BCUT2D eigenvalue weighted by Crippen LogP contribution is 2.37. The summed E-state index contributed by atoms with van der Waals surface area (Å²) in [5, 5.41) is 2.34. The van der Waals surface area contributed by atoms with Crippen LogP contribution in [0.3, 0.4) is 0 Å². The highest BCUT2D eigenvalue weighted by atomic mass is 19.4. The first-order valence-electron chi connectivity index (χ1n) is 10.7. The molecule has 0 aliphatic carbocycles. The number of morpholine rings is 1. The van der Waals surface area contributed by atoms with E-state index in [0.717, 1.165) is 12.5 Å². The van der Waals surface area contributed by atoms with E-state index < -0.39 is 17.6 Å². The Morgan fingerprint density at radius 2 is 1.91 bits per heavy atom. The summed E-state index contributed by atoms with van der Waals surface area (Å²) in [6, 6.07) is 9.05. The van der Waals surface area contributed by atoms with Crippen LogP contribution in [-0.4, -0.2) is 45.9 Å². The molecular formula is C24H27F3N2O4. The highest BCUT2D eigenvalue weighted by Gasteiger charge is 2.34. The summed E-state index contributed by atoms with van der Waals surface area (Å²) in [6.45, 7) is 4.47. The summed E-state index contributed by atoms with van der Waals surface area (Å²) in [4.78, 5) is 14.2. The molecule has 33 heavy (non-hydrogen) atoms. The lowest BCUT2D eigenvalue weighted by Gasteiger charge is -2.29. The van der Waals surface area contributed by atoms with Crippen LogP contribution in [0.25, 0.3) is 6.08 Å². The van der Waals surface area contributed by atoms with Crippen molar-refractivity contribution in [1.82, 2.24) is 0 Å². The van der Waals surface area contributed by atoms with Crippen LogP contribution in [0, 0.1) is 0 Å². The number of carbonyl (C=O) groups excluding carboxylic acids is 1. The quantitative estimate of drug-likeness (QED) is 0.558. The van der Waals surface area contributed by atoms with Crippen LogP contribution < -0.4 is 19.7 Å². The number of halogens is 3. The van der Waals surface area contributed by atoms with Crippen molar-refractivity contribution in [3.05, 3.63) is 53.6 Å². The number of hydrogen-bond acceptors (Lipinski definition) is 5. The Bertz CT molecular complexity index is 986. The van der Waals surface area contributed by atoms with Crippen LogP contribution in [0.15, 0.2) is 42.5 Å². The second-order valence-corrected chi connectivity index (χ2v) is 7.41. The Morgan fingerprint density at radius 3 is 2.58 bits per heavy atom. The van der Waals surface area contributed by atoms with Crippen molar-refractivity contribution in [1.29, 1.82) is 0 Å². The number of ether oxygens (including phenoxy) is 3. The third-order valence-electron chi connectivity index (χ3n) is 5.02. The minimum absolute atomic E-state index is 0.296. The van der Waals surface area contributed by atoms with Gasteiger partial charge in [-0.3, -0.25) is 4.79 Å². The SMILES string of the molecule is CCCOc1ccc(C=CC(=O)Nc2ccc(N3CCOCC3)cc2C(F)(F)F)cc1OC. The standard InChI is InChI=1S/C24H27F3N2O4/c1-3-12-33-21-8-4-17(15-22(21)31-2)5-9-23(30)28-20-7-6-18(16-19(20)24(25,26)27)29-10-13-32-14-11-29/h4-9,15-16H,3,10-14H2,1-2H3,(H,28,30). The molecule has 1 aliphatic rings. The van der Waals surface area contributed by atoms with Crippen LogP contribution in [-0.2, 0) is 15.7 Å². The maximum absolute atomic E-state index is 13.7. The fourth-order valence-corrected chi connectivity index (χ4v) is 3.36.